The molecule has 2 rings (SSSR count). The number of amidine groups is 1. The van der Waals surface area contributed by atoms with Crippen molar-refractivity contribution in [3.8, 4) is 0 Å². The summed E-state index contributed by atoms with van der Waals surface area (Å²) < 4.78 is 13.9. The maximum Gasteiger partial charge on any atom is 0.161 e. The van der Waals surface area contributed by atoms with Crippen molar-refractivity contribution in [1.29, 1.82) is 0 Å². The minimum Gasteiger partial charge on any atom is -0.334 e. The summed E-state index contributed by atoms with van der Waals surface area (Å²) in [5.74, 6) is 0.870. The Hall–Kier alpha value is -0.300. The van der Waals surface area contributed by atoms with E-state index < -0.39 is 0 Å². The lowest BCUT2D eigenvalue weighted by Crippen LogP contribution is -2.29. The van der Waals surface area contributed by atoms with Gasteiger partial charge in [0, 0.05) is 9.32 Å². The normalized spacial score (nSPS) is 23.7. The van der Waals surface area contributed by atoms with Crippen LogP contribution in [0.25, 0.3) is 0 Å². The molecule has 0 aliphatic carbocycles. The monoisotopic (exact) mass is 378 g/mol. The van der Waals surface area contributed by atoms with Crippen LogP contribution in [0.15, 0.2) is 23.2 Å². The number of hydrogen-bond donors (Lipinski definition) is 1. The molecular formula is C13H16FIN2S. The van der Waals surface area contributed by atoms with Crippen LogP contribution in [0, 0.1) is 9.39 Å². The smallest absolute Gasteiger partial charge is 0.161 e. The zero-order valence-corrected chi connectivity index (χ0v) is 13.4. The van der Waals surface area contributed by atoms with Crippen molar-refractivity contribution in [2.75, 3.05) is 11.1 Å². The Labute approximate surface area is 125 Å². The first-order valence-corrected chi connectivity index (χ1v) is 8.03. The summed E-state index contributed by atoms with van der Waals surface area (Å²) in [5.41, 5.74) is 0.961. The van der Waals surface area contributed by atoms with E-state index in [4.69, 9.17) is 4.99 Å². The number of aliphatic imine (C=N–C) groups is 1. The fourth-order valence-corrected chi connectivity index (χ4v) is 3.54. The summed E-state index contributed by atoms with van der Waals surface area (Å²) in [6.45, 7) is 4.35. The summed E-state index contributed by atoms with van der Waals surface area (Å²) >= 11 is 3.86. The molecular weight excluding hydrogens is 362 g/mol. The fourth-order valence-electron chi connectivity index (χ4n) is 1.73. The molecule has 18 heavy (non-hydrogen) atoms. The van der Waals surface area contributed by atoms with Crippen LogP contribution in [-0.2, 0) is 0 Å². The van der Waals surface area contributed by atoms with Crippen LogP contribution in [0.2, 0.25) is 0 Å². The molecule has 1 aliphatic rings. The Morgan fingerprint density at radius 2 is 2.33 bits per heavy atom. The molecule has 0 radical (unpaired) electrons. The molecule has 0 bridgehead atoms. The Morgan fingerprint density at radius 3 is 3.00 bits per heavy atom. The third-order valence-electron chi connectivity index (χ3n) is 3.19. The molecule has 5 heteroatoms. The van der Waals surface area contributed by atoms with Gasteiger partial charge in [0.25, 0.3) is 0 Å². The highest BCUT2D eigenvalue weighted by molar-refractivity contribution is 14.1. The summed E-state index contributed by atoms with van der Waals surface area (Å²) in [5, 5.41) is 4.24. The van der Waals surface area contributed by atoms with Crippen LogP contribution >= 0.6 is 34.4 Å². The van der Waals surface area contributed by atoms with E-state index in [0.29, 0.717) is 0 Å². The molecule has 0 saturated carbocycles. The second-order valence-electron chi connectivity index (χ2n) is 4.62. The SMILES string of the molecule is CCC1(C)CCSC(Nc2ccc(F)cc2I)=N1. The van der Waals surface area contributed by atoms with E-state index in [-0.39, 0.29) is 11.4 Å². The first-order chi connectivity index (χ1) is 8.52. The van der Waals surface area contributed by atoms with E-state index in [1.807, 2.05) is 0 Å². The summed E-state index contributed by atoms with van der Waals surface area (Å²) in [6, 6.07) is 4.76. The van der Waals surface area contributed by atoms with Crippen molar-refractivity contribution in [3.63, 3.8) is 0 Å². The fraction of sp³-hybridized carbons (Fsp3) is 0.462. The number of nitrogens with zero attached hydrogens (tertiary/aromatic N) is 1. The first-order valence-electron chi connectivity index (χ1n) is 5.97. The predicted octanol–water partition coefficient (Wildman–Crippen LogP) is 4.50. The van der Waals surface area contributed by atoms with E-state index in [9.17, 15) is 4.39 Å². The van der Waals surface area contributed by atoms with Gasteiger partial charge in [-0.05, 0) is 60.6 Å². The number of benzene rings is 1. The molecule has 0 saturated heterocycles. The van der Waals surface area contributed by atoms with Gasteiger partial charge < -0.3 is 5.32 Å². The lowest BCUT2D eigenvalue weighted by Gasteiger charge is -2.29. The highest BCUT2D eigenvalue weighted by Crippen LogP contribution is 2.30. The third-order valence-corrected chi connectivity index (χ3v) is 4.95. The quantitative estimate of drug-likeness (QED) is 0.767. The average Bonchev–Trinajstić information content (AvgIpc) is 2.33. The van der Waals surface area contributed by atoms with Gasteiger partial charge in [-0.3, -0.25) is 4.99 Å². The second kappa shape index (κ2) is 5.77. The molecule has 0 spiro atoms. The van der Waals surface area contributed by atoms with Gasteiger partial charge in [0.15, 0.2) is 5.17 Å². The molecule has 1 aromatic carbocycles. The molecule has 0 amide bonds. The maximum atomic E-state index is 13.0. The highest BCUT2D eigenvalue weighted by atomic mass is 127. The largest absolute Gasteiger partial charge is 0.334 e. The van der Waals surface area contributed by atoms with Crippen molar-refractivity contribution >= 4 is 45.2 Å². The van der Waals surface area contributed by atoms with Gasteiger partial charge in [0.05, 0.1) is 11.2 Å². The van der Waals surface area contributed by atoms with Gasteiger partial charge in [-0.25, -0.2) is 4.39 Å². The Kier molecular flexibility index (Phi) is 4.53. The van der Waals surface area contributed by atoms with Crippen molar-refractivity contribution in [3.05, 3.63) is 27.6 Å². The molecule has 1 unspecified atom stereocenters. The van der Waals surface area contributed by atoms with Gasteiger partial charge in [-0.1, -0.05) is 18.7 Å². The summed E-state index contributed by atoms with van der Waals surface area (Å²) in [6.07, 6.45) is 2.15. The lowest BCUT2D eigenvalue weighted by molar-refractivity contribution is 0.443. The molecule has 1 atom stereocenters. The van der Waals surface area contributed by atoms with Crippen LogP contribution in [0.4, 0.5) is 10.1 Å². The minimum absolute atomic E-state index is 0.0407. The number of hydrogen-bond acceptors (Lipinski definition) is 3. The third kappa shape index (κ3) is 3.38. The van der Waals surface area contributed by atoms with Gasteiger partial charge in [-0.15, -0.1) is 0 Å². The second-order valence-corrected chi connectivity index (χ2v) is 6.86. The van der Waals surface area contributed by atoms with Crippen molar-refractivity contribution in [2.24, 2.45) is 4.99 Å². The van der Waals surface area contributed by atoms with Crippen molar-refractivity contribution in [1.82, 2.24) is 0 Å². The molecule has 1 aromatic rings. The van der Waals surface area contributed by atoms with Crippen LogP contribution < -0.4 is 5.32 Å². The number of anilines is 1. The van der Waals surface area contributed by atoms with Crippen molar-refractivity contribution < 1.29 is 4.39 Å². The van der Waals surface area contributed by atoms with Gasteiger partial charge >= 0.3 is 0 Å². The summed E-state index contributed by atoms with van der Waals surface area (Å²) in [4.78, 5) is 4.76. The zero-order valence-electron chi connectivity index (χ0n) is 10.5. The molecule has 1 heterocycles. The van der Waals surface area contributed by atoms with Gasteiger partial charge in [-0.2, -0.15) is 0 Å². The highest BCUT2D eigenvalue weighted by Gasteiger charge is 2.26. The van der Waals surface area contributed by atoms with E-state index in [1.165, 1.54) is 12.1 Å². The minimum atomic E-state index is -0.207. The van der Waals surface area contributed by atoms with Crippen LogP contribution in [0.5, 0.6) is 0 Å². The zero-order chi connectivity index (χ0) is 13.2. The number of thioether (sulfide) groups is 1. The van der Waals surface area contributed by atoms with E-state index in [1.54, 1.807) is 17.8 Å². The Morgan fingerprint density at radius 1 is 1.56 bits per heavy atom. The average molecular weight is 378 g/mol. The van der Waals surface area contributed by atoms with Crippen molar-refractivity contribution in [2.45, 2.75) is 32.2 Å². The molecule has 1 N–H and O–H groups in total. The first kappa shape index (κ1) is 14.1. The van der Waals surface area contributed by atoms with E-state index in [2.05, 4.69) is 41.8 Å². The van der Waals surface area contributed by atoms with Crippen LogP contribution in [0.1, 0.15) is 26.7 Å². The molecule has 0 aromatic heterocycles. The van der Waals surface area contributed by atoms with E-state index >= 15 is 0 Å². The maximum absolute atomic E-state index is 13.0. The number of halogens is 2. The number of rotatable bonds is 2. The lowest BCUT2D eigenvalue weighted by atomic mass is 9.97. The van der Waals surface area contributed by atoms with Gasteiger partial charge in [0.1, 0.15) is 5.82 Å². The van der Waals surface area contributed by atoms with Gasteiger partial charge in [0.2, 0.25) is 0 Å². The topological polar surface area (TPSA) is 24.4 Å². The number of nitrogens with one attached hydrogen (secondary N) is 1. The predicted molar refractivity (Wildman–Crippen MR) is 85.9 cm³/mol. The molecule has 0 fully saturated rings. The van der Waals surface area contributed by atoms with Crippen LogP contribution in [-0.4, -0.2) is 16.5 Å². The summed E-state index contributed by atoms with van der Waals surface area (Å²) in [7, 11) is 0. The standard InChI is InChI=1S/C13H16FIN2S/c1-3-13(2)6-7-18-12(17-13)16-11-5-4-9(14)8-10(11)15/h4-5,8H,3,6-7H2,1-2H3,(H,16,17). The molecule has 2 nitrogen and oxygen atoms in total. The molecule has 98 valence electrons. The Bertz CT molecular complexity index is 478. The molecule has 1 aliphatic heterocycles. The Balaban J connectivity index is 2.18. The van der Waals surface area contributed by atoms with E-state index in [0.717, 1.165) is 33.0 Å². The van der Waals surface area contributed by atoms with Crippen LogP contribution in [0.3, 0.4) is 0 Å².